The first kappa shape index (κ1) is 23.3. The number of aromatic amines is 1. The molecule has 2 fully saturated rings. The van der Waals surface area contributed by atoms with E-state index in [2.05, 4.69) is 25.1 Å². The number of nitrogens with one attached hydrogen (secondary N) is 1. The van der Waals surface area contributed by atoms with Gasteiger partial charge >= 0.3 is 6.18 Å². The summed E-state index contributed by atoms with van der Waals surface area (Å²) in [5.74, 6) is -4.23. The van der Waals surface area contributed by atoms with Crippen molar-refractivity contribution >= 4 is 17.4 Å². The standard InChI is InChI=1S/C23H19F5N8O/c24-22(25)7-15(22)21(37)35-6-5-34(12-17(35)13-8-31-32-9-13)19-3-4-29-20(33-19)16-10-30-18-2-1-14(11-36(16)18)23(26,27)28/h1-4,8-11,15,17H,5-7,12H2,(H,31,32). The van der Waals surface area contributed by atoms with Gasteiger partial charge in [-0.15, -0.1) is 0 Å². The van der Waals surface area contributed by atoms with Crippen molar-refractivity contribution in [2.24, 2.45) is 5.92 Å². The van der Waals surface area contributed by atoms with E-state index >= 15 is 0 Å². The van der Waals surface area contributed by atoms with Crippen LogP contribution in [0.5, 0.6) is 0 Å². The number of halogens is 5. The van der Waals surface area contributed by atoms with E-state index in [1.807, 2.05) is 4.90 Å². The topological polar surface area (TPSA) is 95.3 Å². The number of fused-ring (bicyclic) bond motifs is 1. The first-order valence-electron chi connectivity index (χ1n) is 11.4. The molecule has 1 saturated carbocycles. The number of hydrogen-bond donors (Lipinski definition) is 1. The van der Waals surface area contributed by atoms with E-state index in [0.29, 0.717) is 23.6 Å². The molecule has 1 aliphatic carbocycles. The molecule has 0 spiro atoms. The van der Waals surface area contributed by atoms with Crippen LogP contribution in [-0.4, -0.2) is 65.9 Å². The second kappa shape index (κ2) is 8.21. The van der Waals surface area contributed by atoms with Crippen molar-refractivity contribution in [2.75, 3.05) is 24.5 Å². The van der Waals surface area contributed by atoms with E-state index < -0.39 is 42.0 Å². The molecule has 0 radical (unpaired) electrons. The number of imidazole rings is 1. The Balaban J connectivity index is 1.30. The van der Waals surface area contributed by atoms with Gasteiger partial charge in [-0.1, -0.05) is 0 Å². The number of amides is 1. The predicted octanol–water partition coefficient (Wildman–Crippen LogP) is 3.58. The average Bonchev–Trinajstić information content (AvgIpc) is 3.27. The van der Waals surface area contributed by atoms with Crippen LogP contribution in [0, 0.1) is 5.92 Å². The van der Waals surface area contributed by atoms with Gasteiger partial charge in [-0.2, -0.15) is 18.3 Å². The molecule has 1 saturated heterocycles. The van der Waals surface area contributed by atoms with Gasteiger partial charge in [0.25, 0.3) is 5.92 Å². The van der Waals surface area contributed by atoms with Crippen molar-refractivity contribution in [3.63, 3.8) is 0 Å². The van der Waals surface area contributed by atoms with Gasteiger partial charge in [-0.25, -0.2) is 23.7 Å². The third kappa shape index (κ3) is 4.15. The lowest BCUT2D eigenvalue weighted by atomic mass is 10.0. The second-order valence-corrected chi connectivity index (χ2v) is 9.07. The number of nitrogens with zero attached hydrogens (tertiary/aromatic N) is 7. The second-order valence-electron chi connectivity index (χ2n) is 9.07. The van der Waals surface area contributed by atoms with E-state index in [9.17, 15) is 26.7 Å². The average molecular weight is 518 g/mol. The third-order valence-corrected chi connectivity index (χ3v) is 6.72. The van der Waals surface area contributed by atoms with Crippen LogP contribution in [0.3, 0.4) is 0 Å². The van der Waals surface area contributed by atoms with Crippen LogP contribution < -0.4 is 4.90 Å². The fourth-order valence-electron chi connectivity index (χ4n) is 4.63. The van der Waals surface area contributed by atoms with Gasteiger partial charge in [-0.3, -0.25) is 14.3 Å². The minimum atomic E-state index is -4.53. The van der Waals surface area contributed by atoms with Crippen molar-refractivity contribution in [1.82, 2.24) is 34.4 Å². The molecule has 6 rings (SSSR count). The molecule has 5 heterocycles. The summed E-state index contributed by atoms with van der Waals surface area (Å²) in [4.78, 5) is 29.1. The zero-order chi connectivity index (χ0) is 25.9. The van der Waals surface area contributed by atoms with Gasteiger partial charge < -0.3 is 9.80 Å². The van der Waals surface area contributed by atoms with Crippen molar-refractivity contribution in [2.45, 2.75) is 24.6 Å². The minimum absolute atomic E-state index is 0.167. The van der Waals surface area contributed by atoms with Crippen LogP contribution in [0.15, 0.2) is 49.2 Å². The fourth-order valence-corrected chi connectivity index (χ4v) is 4.63. The fraction of sp³-hybridized carbons (Fsp3) is 0.348. The summed E-state index contributed by atoms with van der Waals surface area (Å²) in [6.07, 6.45) is 2.01. The quantitative estimate of drug-likeness (QED) is 0.415. The maximum atomic E-state index is 13.6. The molecule has 9 nitrogen and oxygen atoms in total. The van der Waals surface area contributed by atoms with Crippen molar-refractivity contribution in [1.29, 1.82) is 0 Å². The molecular weight excluding hydrogens is 499 g/mol. The highest BCUT2D eigenvalue weighted by molar-refractivity contribution is 5.83. The number of rotatable bonds is 4. The Kier molecular flexibility index (Phi) is 5.17. The van der Waals surface area contributed by atoms with Gasteiger partial charge in [0.05, 0.1) is 24.0 Å². The van der Waals surface area contributed by atoms with Crippen molar-refractivity contribution in [3.05, 3.63) is 60.3 Å². The van der Waals surface area contributed by atoms with Crippen LogP contribution in [0.1, 0.15) is 23.6 Å². The lowest BCUT2D eigenvalue weighted by Gasteiger charge is -2.41. The van der Waals surface area contributed by atoms with Crippen LogP contribution >= 0.6 is 0 Å². The highest BCUT2D eigenvalue weighted by Gasteiger charge is 2.62. The van der Waals surface area contributed by atoms with Gasteiger partial charge in [0.1, 0.15) is 23.1 Å². The summed E-state index contributed by atoms with van der Waals surface area (Å²) in [7, 11) is 0. The van der Waals surface area contributed by atoms with E-state index in [1.54, 1.807) is 18.5 Å². The molecule has 37 heavy (non-hydrogen) atoms. The molecule has 2 aliphatic rings. The monoisotopic (exact) mass is 518 g/mol. The van der Waals surface area contributed by atoms with Crippen molar-refractivity contribution in [3.8, 4) is 11.5 Å². The molecule has 1 amide bonds. The first-order valence-corrected chi connectivity index (χ1v) is 11.4. The van der Waals surface area contributed by atoms with E-state index in [1.165, 1.54) is 27.8 Å². The number of hydrogen-bond acceptors (Lipinski definition) is 6. The van der Waals surface area contributed by atoms with Crippen LogP contribution in [0.4, 0.5) is 27.8 Å². The van der Waals surface area contributed by atoms with E-state index in [0.717, 1.165) is 12.3 Å². The van der Waals surface area contributed by atoms with E-state index in [4.69, 9.17) is 0 Å². The van der Waals surface area contributed by atoms with Crippen LogP contribution in [0.25, 0.3) is 17.2 Å². The Bertz CT molecular complexity index is 1470. The number of anilines is 1. The number of alkyl halides is 5. The summed E-state index contributed by atoms with van der Waals surface area (Å²) in [6.45, 7) is 0.761. The summed E-state index contributed by atoms with van der Waals surface area (Å²) in [6, 6.07) is 3.33. The number of aromatic nitrogens is 6. The number of pyridine rings is 1. The zero-order valence-corrected chi connectivity index (χ0v) is 19.0. The lowest BCUT2D eigenvalue weighted by Crippen LogP contribution is -2.51. The molecule has 1 aliphatic heterocycles. The smallest absolute Gasteiger partial charge is 0.352 e. The Morgan fingerprint density at radius 2 is 1.92 bits per heavy atom. The van der Waals surface area contributed by atoms with Crippen LogP contribution in [0.2, 0.25) is 0 Å². The molecule has 4 aromatic rings. The molecule has 4 aromatic heterocycles. The number of piperazine rings is 1. The van der Waals surface area contributed by atoms with Gasteiger partial charge in [0.2, 0.25) is 5.91 Å². The highest BCUT2D eigenvalue weighted by Crippen LogP contribution is 2.50. The predicted molar refractivity (Wildman–Crippen MR) is 120 cm³/mol. The van der Waals surface area contributed by atoms with Gasteiger partial charge in [0.15, 0.2) is 5.82 Å². The number of carbonyl (C=O) groups excluding carboxylic acids is 1. The largest absolute Gasteiger partial charge is 0.417 e. The molecule has 1 N–H and O–H groups in total. The minimum Gasteiger partial charge on any atom is -0.352 e. The number of carbonyl (C=O) groups is 1. The Labute approximate surface area is 206 Å². The normalized spacial score (nSPS) is 21.4. The molecule has 2 atom stereocenters. The Hall–Kier alpha value is -4.10. The SMILES string of the molecule is O=C(C1CC1(F)F)N1CCN(c2ccnc(-c3cnc4ccc(C(F)(F)F)cn34)n2)CC1c1cn[nH]c1. The first-order chi connectivity index (χ1) is 17.6. The Morgan fingerprint density at radius 1 is 1.11 bits per heavy atom. The third-order valence-electron chi connectivity index (χ3n) is 6.72. The van der Waals surface area contributed by atoms with Crippen molar-refractivity contribution < 1.29 is 26.7 Å². The number of H-pyrrole nitrogens is 1. The zero-order valence-electron chi connectivity index (χ0n) is 19.0. The van der Waals surface area contributed by atoms with Gasteiger partial charge in [0, 0.05) is 50.2 Å². The molecule has 0 aromatic carbocycles. The maximum Gasteiger partial charge on any atom is 0.417 e. The molecule has 0 bridgehead atoms. The molecular formula is C23H19F5N8O. The van der Waals surface area contributed by atoms with Gasteiger partial charge in [-0.05, 0) is 18.2 Å². The van der Waals surface area contributed by atoms with Crippen LogP contribution in [-0.2, 0) is 11.0 Å². The molecule has 14 heteroatoms. The lowest BCUT2D eigenvalue weighted by molar-refractivity contribution is -0.138. The summed E-state index contributed by atoms with van der Waals surface area (Å²) < 4.78 is 68.3. The summed E-state index contributed by atoms with van der Waals surface area (Å²) in [5, 5.41) is 6.63. The highest BCUT2D eigenvalue weighted by atomic mass is 19.4. The van der Waals surface area contributed by atoms with E-state index in [-0.39, 0.29) is 24.6 Å². The molecule has 2 unspecified atom stereocenters. The summed E-state index contributed by atoms with van der Waals surface area (Å²) in [5.41, 5.74) is 0.415. The maximum absolute atomic E-state index is 13.6. The summed E-state index contributed by atoms with van der Waals surface area (Å²) >= 11 is 0. The molecule has 192 valence electrons. The Morgan fingerprint density at radius 3 is 2.62 bits per heavy atom.